The Labute approximate surface area is 171 Å². The smallest absolute Gasteiger partial charge is 0.274 e. The van der Waals surface area contributed by atoms with Gasteiger partial charge >= 0.3 is 0 Å². The molecule has 3 aromatic rings. The van der Waals surface area contributed by atoms with Gasteiger partial charge in [-0.05, 0) is 61.7 Å². The van der Waals surface area contributed by atoms with E-state index in [2.05, 4.69) is 10.3 Å². The Kier molecular flexibility index (Phi) is 6.39. The Morgan fingerprint density at radius 3 is 2.31 bits per heavy atom. The molecule has 148 valence electrons. The van der Waals surface area contributed by atoms with E-state index in [0.29, 0.717) is 18.8 Å². The Morgan fingerprint density at radius 2 is 1.62 bits per heavy atom. The fourth-order valence-electron chi connectivity index (χ4n) is 2.99. The van der Waals surface area contributed by atoms with E-state index < -0.39 is 0 Å². The minimum Gasteiger partial charge on any atom is -0.333 e. The molecule has 1 heterocycles. The molecule has 5 heteroatoms. The minimum absolute atomic E-state index is 0.197. The van der Waals surface area contributed by atoms with E-state index >= 15 is 0 Å². The fourth-order valence-corrected chi connectivity index (χ4v) is 2.99. The summed E-state index contributed by atoms with van der Waals surface area (Å²) in [5, 5.41) is 2.85. The summed E-state index contributed by atoms with van der Waals surface area (Å²) in [4.78, 5) is 31.6. The lowest BCUT2D eigenvalue weighted by Crippen LogP contribution is -2.31. The van der Waals surface area contributed by atoms with Gasteiger partial charge < -0.3 is 10.2 Å². The predicted octanol–water partition coefficient (Wildman–Crippen LogP) is 4.61. The van der Waals surface area contributed by atoms with Gasteiger partial charge in [-0.3, -0.25) is 9.59 Å². The van der Waals surface area contributed by atoms with E-state index in [1.54, 1.807) is 23.1 Å². The molecule has 0 bridgehead atoms. The van der Waals surface area contributed by atoms with Crippen LogP contribution in [0, 0.1) is 13.8 Å². The van der Waals surface area contributed by atoms with Crippen LogP contribution in [-0.4, -0.2) is 28.2 Å². The summed E-state index contributed by atoms with van der Waals surface area (Å²) in [6.45, 7) is 6.99. The fraction of sp³-hybridized carbons (Fsp3) is 0.208. The standard InChI is InChI=1S/C24H25N3O2/c1-4-27(16-19-9-6-5-7-10-19)24(29)22-12-8-11-21(26-22)23(28)25-20-14-13-17(2)18(3)15-20/h5-15H,4,16H2,1-3H3,(H,25,28). The number of pyridine rings is 1. The average Bonchev–Trinajstić information content (AvgIpc) is 2.75. The van der Waals surface area contributed by atoms with Crippen LogP contribution in [0.15, 0.2) is 66.7 Å². The molecule has 0 fully saturated rings. The van der Waals surface area contributed by atoms with Gasteiger partial charge in [0.2, 0.25) is 0 Å². The average molecular weight is 387 g/mol. The van der Waals surface area contributed by atoms with Crippen molar-refractivity contribution in [1.82, 2.24) is 9.88 Å². The van der Waals surface area contributed by atoms with Gasteiger partial charge in [-0.1, -0.05) is 42.5 Å². The number of hydrogen-bond acceptors (Lipinski definition) is 3. The van der Waals surface area contributed by atoms with Gasteiger partial charge in [-0.15, -0.1) is 0 Å². The number of hydrogen-bond donors (Lipinski definition) is 1. The number of carbonyl (C=O) groups is 2. The first-order valence-corrected chi connectivity index (χ1v) is 9.66. The summed E-state index contributed by atoms with van der Waals surface area (Å²) >= 11 is 0. The third-order valence-corrected chi connectivity index (χ3v) is 4.85. The second-order valence-electron chi connectivity index (χ2n) is 6.97. The monoisotopic (exact) mass is 387 g/mol. The van der Waals surface area contributed by atoms with Gasteiger partial charge in [0.15, 0.2) is 0 Å². The van der Waals surface area contributed by atoms with Crippen molar-refractivity contribution >= 4 is 17.5 Å². The van der Waals surface area contributed by atoms with Crippen LogP contribution in [0.1, 0.15) is 44.6 Å². The molecular weight excluding hydrogens is 362 g/mol. The maximum Gasteiger partial charge on any atom is 0.274 e. The highest BCUT2D eigenvalue weighted by molar-refractivity contribution is 6.03. The summed E-state index contributed by atoms with van der Waals surface area (Å²) in [5.41, 5.74) is 4.48. The molecule has 1 N–H and O–H groups in total. The van der Waals surface area contributed by atoms with Crippen molar-refractivity contribution in [2.24, 2.45) is 0 Å². The number of nitrogens with one attached hydrogen (secondary N) is 1. The highest BCUT2D eigenvalue weighted by Gasteiger charge is 2.18. The second kappa shape index (κ2) is 9.15. The molecule has 0 spiro atoms. The van der Waals surface area contributed by atoms with Gasteiger partial charge in [0.05, 0.1) is 0 Å². The number of anilines is 1. The van der Waals surface area contributed by atoms with Crippen LogP contribution in [-0.2, 0) is 6.54 Å². The van der Waals surface area contributed by atoms with Gasteiger partial charge in [0.25, 0.3) is 11.8 Å². The van der Waals surface area contributed by atoms with E-state index in [1.807, 2.05) is 69.3 Å². The maximum absolute atomic E-state index is 12.9. The molecule has 2 aromatic carbocycles. The molecule has 0 unspecified atom stereocenters. The van der Waals surface area contributed by atoms with E-state index in [0.717, 1.165) is 16.7 Å². The van der Waals surface area contributed by atoms with Crippen molar-refractivity contribution in [2.45, 2.75) is 27.3 Å². The van der Waals surface area contributed by atoms with Crippen LogP contribution in [0.25, 0.3) is 0 Å². The Balaban J connectivity index is 1.75. The lowest BCUT2D eigenvalue weighted by Gasteiger charge is -2.20. The third kappa shape index (κ3) is 5.08. The summed E-state index contributed by atoms with van der Waals surface area (Å²) in [5.74, 6) is -0.536. The zero-order chi connectivity index (χ0) is 20.8. The van der Waals surface area contributed by atoms with E-state index in [9.17, 15) is 9.59 Å². The SMILES string of the molecule is CCN(Cc1ccccc1)C(=O)c1cccc(C(=O)Nc2ccc(C)c(C)c2)n1. The van der Waals surface area contributed by atoms with Gasteiger partial charge in [-0.2, -0.15) is 0 Å². The molecule has 0 radical (unpaired) electrons. The highest BCUT2D eigenvalue weighted by atomic mass is 16.2. The molecule has 3 rings (SSSR count). The van der Waals surface area contributed by atoms with Gasteiger partial charge in [0, 0.05) is 18.8 Å². The summed E-state index contributed by atoms with van der Waals surface area (Å²) < 4.78 is 0. The Morgan fingerprint density at radius 1 is 0.897 bits per heavy atom. The van der Waals surface area contributed by atoms with Crippen molar-refractivity contribution < 1.29 is 9.59 Å². The number of aryl methyl sites for hydroxylation is 2. The lowest BCUT2D eigenvalue weighted by atomic mass is 10.1. The van der Waals surface area contributed by atoms with Crippen LogP contribution in [0.5, 0.6) is 0 Å². The largest absolute Gasteiger partial charge is 0.333 e. The first kappa shape index (κ1) is 20.3. The Bertz CT molecular complexity index is 1020. The number of aromatic nitrogens is 1. The number of carbonyl (C=O) groups excluding carboxylic acids is 2. The molecule has 0 atom stereocenters. The van der Waals surface area contributed by atoms with Crippen molar-refractivity contribution in [2.75, 3.05) is 11.9 Å². The number of benzene rings is 2. The summed E-state index contributed by atoms with van der Waals surface area (Å²) in [6.07, 6.45) is 0. The quantitative estimate of drug-likeness (QED) is 0.672. The maximum atomic E-state index is 12.9. The van der Waals surface area contributed by atoms with E-state index in [4.69, 9.17) is 0 Å². The second-order valence-corrected chi connectivity index (χ2v) is 6.97. The molecule has 0 aliphatic carbocycles. The molecule has 2 amide bonds. The van der Waals surface area contributed by atoms with Crippen molar-refractivity contribution in [1.29, 1.82) is 0 Å². The molecule has 0 saturated carbocycles. The van der Waals surface area contributed by atoms with Crippen molar-refractivity contribution in [3.63, 3.8) is 0 Å². The highest BCUT2D eigenvalue weighted by Crippen LogP contribution is 2.15. The molecule has 1 aromatic heterocycles. The predicted molar refractivity (Wildman–Crippen MR) is 115 cm³/mol. The van der Waals surface area contributed by atoms with Crippen LogP contribution in [0.4, 0.5) is 5.69 Å². The number of amides is 2. The molecule has 0 aliphatic heterocycles. The third-order valence-electron chi connectivity index (χ3n) is 4.85. The molecule has 0 saturated heterocycles. The topological polar surface area (TPSA) is 62.3 Å². The molecule has 0 aliphatic rings. The van der Waals surface area contributed by atoms with Crippen LogP contribution < -0.4 is 5.32 Å². The zero-order valence-electron chi connectivity index (χ0n) is 17.0. The Hall–Kier alpha value is -3.47. The first-order valence-electron chi connectivity index (χ1n) is 9.66. The molecule has 5 nitrogen and oxygen atoms in total. The van der Waals surface area contributed by atoms with Crippen molar-refractivity contribution in [3.8, 4) is 0 Å². The van der Waals surface area contributed by atoms with Crippen LogP contribution >= 0.6 is 0 Å². The zero-order valence-corrected chi connectivity index (χ0v) is 17.0. The minimum atomic E-state index is -0.339. The van der Waals surface area contributed by atoms with Crippen LogP contribution in [0.2, 0.25) is 0 Å². The van der Waals surface area contributed by atoms with Crippen LogP contribution in [0.3, 0.4) is 0 Å². The number of rotatable bonds is 6. The van der Waals surface area contributed by atoms with Gasteiger partial charge in [-0.25, -0.2) is 4.98 Å². The molecular formula is C24H25N3O2. The van der Waals surface area contributed by atoms with E-state index in [1.165, 1.54) is 0 Å². The number of nitrogens with zero attached hydrogens (tertiary/aromatic N) is 2. The lowest BCUT2D eigenvalue weighted by molar-refractivity contribution is 0.0746. The van der Waals surface area contributed by atoms with E-state index in [-0.39, 0.29) is 23.2 Å². The normalized spacial score (nSPS) is 10.4. The van der Waals surface area contributed by atoms with Gasteiger partial charge in [0.1, 0.15) is 11.4 Å². The van der Waals surface area contributed by atoms with Crippen molar-refractivity contribution in [3.05, 3.63) is 94.8 Å². The summed E-state index contributed by atoms with van der Waals surface area (Å²) in [6, 6.07) is 20.5. The first-order chi connectivity index (χ1) is 14.0. The molecule has 29 heavy (non-hydrogen) atoms. The summed E-state index contributed by atoms with van der Waals surface area (Å²) in [7, 11) is 0.